The summed E-state index contributed by atoms with van der Waals surface area (Å²) < 4.78 is 5.27. The number of nitrogens with zero attached hydrogens (tertiary/aromatic N) is 2. The summed E-state index contributed by atoms with van der Waals surface area (Å²) in [5, 5.41) is 3.12. The summed E-state index contributed by atoms with van der Waals surface area (Å²) in [4.78, 5) is 18.7. The highest BCUT2D eigenvalue weighted by atomic mass is 32.1. The Morgan fingerprint density at radius 1 is 1.18 bits per heavy atom. The fourth-order valence-corrected chi connectivity index (χ4v) is 3.32. The maximum Gasteiger partial charge on any atom is 0.228 e. The van der Waals surface area contributed by atoms with Crippen molar-refractivity contribution < 1.29 is 9.53 Å². The minimum absolute atomic E-state index is 0.156. The van der Waals surface area contributed by atoms with E-state index in [1.807, 2.05) is 16.3 Å². The van der Waals surface area contributed by atoms with E-state index in [0.717, 1.165) is 23.5 Å². The second kappa shape index (κ2) is 7.51. The first kappa shape index (κ1) is 15.2. The average molecular weight is 316 g/mol. The summed E-state index contributed by atoms with van der Waals surface area (Å²) in [7, 11) is 0. The van der Waals surface area contributed by atoms with E-state index in [4.69, 9.17) is 4.74 Å². The van der Waals surface area contributed by atoms with Crippen molar-refractivity contribution in [2.45, 2.75) is 19.3 Å². The number of benzene rings is 1. The number of aromatic nitrogens is 1. The molecule has 4 nitrogen and oxygen atoms in total. The van der Waals surface area contributed by atoms with Gasteiger partial charge in [-0.25, -0.2) is 4.98 Å². The lowest BCUT2D eigenvalue weighted by molar-refractivity contribution is -0.134. The van der Waals surface area contributed by atoms with Gasteiger partial charge < -0.3 is 9.64 Å². The smallest absolute Gasteiger partial charge is 0.228 e. The van der Waals surface area contributed by atoms with E-state index in [0.29, 0.717) is 32.7 Å². The van der Waals surface area contributed by atoms with E-state index in [9.17, 15) is 4.79 Å². The third-order valence-corrected chi connectivity index (χ3v) is 4.72. The van der Waals surface area contributed by atoms with Crippen molar-refractivity contribution in [3.63, 3.8) is 0 Å². The molecule has 0 atom stereocenters. The lowest BCUT2D eigenvalue weighted by Crippen LogP contribution is -2.41. The van der Waals surface area contributed by atoms with Gasteiger partial charge in [0.25, 0.3) is 0 Å². The van der Waals surface area contributed by atoms with Gasteiger partial charge in [-0.15, -0.1) is 11.3 Å². The van der Waals surface area contributed by atoms with Gasteiger partial charge in [0.1, 0.15) is 0 Å². The van der Waals surface area contributed by atoms with Gasteiger partial charge in [0.15, 0.2) is 0 Å². The molecule has 0 N–H and O–H groups in total. The van der Waals surface area contributed by atoms with Crippen LogP contribution in [0.5, 0.6) is 0 Å². The van der Waals surface area contributed by atoms with Crippen LogP contribution in [0.2, 0.25) is 0 Å². The molecule has 1 saturated heterocycles. The maximum atomic E-state index is 12.2. The fraction of sp³-hybridized carbons (Fsp3) is 0.412. The zero-order valence-electron chi connectivity index (χ0n) is 12.5. The molecule has 3 rings (SSSR count). The Labute approximate surface area is 134 Å². The predicted molar refractivity (Wildman–Crippen MR) is 87.1 cm³/mol. The molecule has 22 heavy (non-hydrogen) atoms. The minimum atomic E-state index is 0.156. The number of aryl methyl sites for hydroxylation is 2. The minimum Gasteiger partial charge on any atom is -0.378 e. The summed E-state index contributed by atoms with van der Waals surface area (Å²) in [5.41, 5.74) is 2.22. The van der Waals surface area contributed by atoms with E-state index >= 15 is 0 Å². The zero-order valence-corrected chi connectivity index (χ0v) is 13.3. The molecule has 2 heterocycles. The number of rotatable bonds is 5. The largest absolute Gasteiger partial charge is 0.378 e. The van der Waals surface area contributed by atoms with Crippen LogP contribution in [-0.2, 0) is 28.8 Å². The first-order chi connectivity index (χ1) is 10.8. The third-order valence-electron chi connectivity index (χ3n) is 3.77. The van der Waals surface area contributed by atoms with E-state index < -0.39 is 0 Å². The fourth-order valence-electron chi connectivity index (χ4n) is 2.52. The Morgan fingerprint density at radius 2 is 1.95 bits per heavy atom. The first-order valence-electron chi connectivity index (χ1n) is 7.64. The van der Waals surface area contributed by atoms with Gasteiger partial charge in [0.2, 0.25) is 5.91 Å². The van der Waals surface area contributed by atoms with Crippen LogP contribution >= 0.6 is 11.3 Å². The standard InChI is InChI=1S/C17H20N2O2S/c20-17(19-8-10-21-11-9-19)12-15-13-22-16(18-15)7-6-14-4-2-1-3-5-14/h1-5,13H,6-12H2. The van der Waals surface area contributed by atoms with E-state index in [1.165, 1.54) is 5.56 Å². The van der Waals surface area contributed by atoms with Crippen molar-refractivity contribution in [1.82, 2.24) is 9.88 Å². The van der Waals surface area contributed by atoms with E-state index in [2.05, 4.69) is 29.2 Å². The van der Waals surface area contributed by atoms with Gasteiger partial charge in [0, 0.05) is 24.9 Å². The van der Waals surface area contributed by atoms with Crippen molar-refractivity contribution in [1.29, 1.82) is 0 Å². The second-order valence-electron chi connectivity index (χ2n) is 5.39. The number of hydrogen-bond acceptors (Lipinski definition) is 4. The number of amides is 1. The topological polar surface area (TPSA) is 42.4 Å². The molecule has 0 saturated carbocycles. The average Bonchev–Trinajstić information content (AvgIpc) is 3.02. The monoisotopic (exact) mass is 316 g/mol. The molecule has 0 unspecified atom stereocenters. The van der Waals surface area contributed by atoms with Crippen LogP contribution in [-0.4, -0.2) is 42.1 Å². The molecule has 1 aliphatic rings. The Balaban J connectivity index is 1.51. The molecule has 0 bridgehead atoms. The summed E-state index contributed by atoms with van der Waals surface area (Å²) >= 11 is 1.65. The highest BCUT2D eigenvalue weighted by molar-refractivity contribution is 7.09. The summed E-state index contributed by atoms with van der Waals surface area (Å²) in [6.07, 6.45) is 2.33. The maximum absolute atomic E-state index is 12.2. The molecule has 116 valence electrons. The van der Waals surface area contributed by atoms with Crippen LogP contribution < -0.4 is 0 Å². The Morgan fingerprint density at radius 3 is 2.73 bits per heavy atom. The molecular weight excluding hydrogens is 296 g/mol. The number of morpholine rings is 1. The molecule has 1 fully saturated rings. The summed E-state index contributed by atoms with van der Waals surface area (Å²) in [5.74, 6) is 0.156. The first-order valence-corrected chi connectivity index (χ1v) is 8.52. The van der Waals surface area contributed by atoms with Crippen LogP contribution in [0.3, 0.4) is 0 Å². The van der Waals surface area contributed by atoms with Crippen molar-refractivity contribution in [3.05, 3.63) is 52.0 Å². The number of carbonyl (C=O) groups excluding carboxylic acids is 1. The van der Waals surface area contributed by atoms with Gasteiger partial charge >= 0.3 is 0 Å². The number of thiazole rings is 1. The predicted octanol–water partition coefficient (Wildman–Crippen LogP) is 2.33. The molecule has 0 radical (unpaired) electrons. The van der Waals surface area contributed by atoms with Gasteiger partial charge in [-0.2, -0.15) is 0 Å². The van der Waals surface area contributed by atoms with Gasteiger partial charge in [-0.1, -0.05) is 30.3 Å². The molecule has 0 aliphatic carbocycles. The normalized spacial score (nSPS) is 15.0. The third kappa shape index (κ3) is 4.15. The quantitative estimate of drug-likeness (QED) is 0.850. The molecular formula is C17H20N2O2S. The van der Waals surface area contributed by atoms with Crippen LogP contribution in [0, 0.1) is 0 Å². The molecule has 5 heteroatoms. The van der Waals surface area contributed by atoms with Crippen molar-refractivity contribution in [3.8, 4) is 0 Å². The number of ether oxygens (including phenoxy) is 1. The molecule has 1 aromatic heterocycles. The van der Waals surface area contributed by atoms with E-state index in [-0.39, 0.29) is 5.91 Å². The van der Waals surface area contributed by atoms with Crippen LogP contribution in [0.4, 0.5) is 0 Å². The van der Waals surface area contributed by atoms with Crippen LogP contribution in [0.15, 0.2) is 35.7 Å². The molecule has 0 spiro atoms. The van der Waals surface area contributed by atoms with E-state index in [1.54, 1.807) is 11.3 Å². The van der Waals surface area contributed by atoms with Crippen LogP contribution in [0.1, 0.15) is 16.3 Å². The van der Waals surface area contributed by atoms with Crippen LogP contribution in [0.25, 0.3) is 0 Å². The molecule has 1 aromatic carbocycles. The Hall–Kier alpha value is -1.72. The van der Waals surface area contributed by atoms with Crippen molar-refractivity contribution >= 4 is 17.2 Å². The van der Waals surface area contributed by atoms with Gasteiger partial charge in [0.05, 0.1) is 30.3 Å². The molecule has 2 aromatic rings. The molecule has 1 amide bonds. The van der Waals surface area contributed by atoms with Crippen molar-refractivity contribution in [2.75, 3.05) is 26.3 Å². The second-order valence-corrected chi connectivity index (χ2v) is 6.33. The van der Waals surface area contributed by atoms with Gasteiger partial charge in [-0.05, 0) is 12.0 Å². The lowest BCUT2D eigenvalue weighted by atomic mass is 10.1. The summed E-state index contributed by atoms with van der Waals surface area (Å²) in [6, 6.07) is 10.4. The number of carbonyl (C=O) groups is 1. The zero-order chi connectivity index (χ0) is 15.2. The number of hydrogen-bond donors (Lipinski definition) is 0. The molecule has 1 aliphatic heterocycles. The Bertz CT molecular complexity index is 606. The summed E-state index contributed by atoms with van der Waals surface area (Å²) in [6.45, 7) is 2.68. The lowest BCUT2D eigenvalue weighted by Gasteiger charge is -2.26. The highest BCUT2D eigenvalue weighted by Crippen LogP contribution is 2.14. The SMILES string of the molecule is O=C(Cc1csc(CCc2ccccc2)n1)N1CCOCC1. The van der Waals surface area contributed by atoms with Gasteiger partial charge in [-0.3, -0.25) is 4.79 Å². The Kier molecular flexibility index (Phi) is 5.19. The highest BCUT2D eigenvalue weighted by Gasteiger charge is 2.18. The van der Waals surface area contributed by atoms with Crippen molar-refractivity contribution in [2.24, 2.45) is 0 Å².